The van der Waals surface area contributed by atoms with Gasteiger partial charge in [0.25, 0.3) is 0 Å². The minimum atomic E-state index is 0.435. The van der Waals surface area contributed by atoms with Crippen LogP contribution in [0, 0.1) is 0 Å². The quantitative estimate of drug-likeness (QED) is 0.366. The molecule has 0 nitrogen and oxygen atoms in total. The molecule has 0 aliphatic carbocycles. The van der Waals surface area contributed by atoms with Crippen molar-refractivity contribution in [2.24, 2.45) is 0 Å². The fraction of sp³-hybridized carbons (Fsp3) is 1.00. The summed E-state index contributed by atoms with van der Waals surface area (Å²) in [7, 11) is 0. The first kappa shape index (κ1) is 9.52. The summed E-state index contributed by atoms with van der Waals surface area (Å²) in [4.78, 5) is 0. The number of halogens is 2. The standard InChI is InChI=1S/C5H11BI2/c1-2-3-4-5-6-8-7/h2-5H2,1H3/q-1. The predicted molar refractivity (Wildman–Crippen MR) is 44.1 cm³/mol. The Bertz CT molecular complexity index is 35.4. The van der Waals surface area contributed by atoms with E-state index in [0.29, 0.717) is 17.0 Å². The summed E-state index contributed by atoms with van der Waals surface area (Å²) in [6, 6.07) is 0. The summed E-state index contributed by atoms with van der Waals surface area (Å²) in [5.74, 6) is 0. The third-order valence-electron chi connectivity index (χ3n) is 0.975. The summed E-state index contributed by atoms with van der Waals surface area (Å²) in [6.07, 6.45) is 5.55. The Labute approximate surface area is 72.6 Å². The Kier molecular flexibility index (Phi) is 10.1. The zero-order valence-electron chi connectivity index (χ0n) is 5.16. The van der Waals surface area contributed by atoms with Gasteiger partial charge in [0.15, 0.2) is 0 Å². The van der Waals surface area contributed by atoms with E-state index in [9.17, 15) is 0 Å². The second-order valence-corrected chi connectivity index (χ2v) is 6.24. The minimum absolute atomic E-state index is 0.435. The Morgan fingerprint density at radius 2 is 2.25 bits per heavy atom. The molecule has 0 atom stereocenters. The molecule has 0 rings (SSSR count). The zero-order valence-corrected chi connectivity index (χ0v) is 9.48. The van der Waals surface area contributed by atoms with E-state index in [4.69, 9.17) is 0 Å². The van der Waals surface area contributed by atoms with Crippen LogP contribution in [-0.4, -0.2) is 5.14 Å². The first-order valence-electron chi connectivity index (χ1n) is 2.98. The van der Waals surface area contributed by atoms with Crippen molar-refractivity contribution in [3.8, 4) is 0 Å². The summed E-state index contributed by atoms with van der Waals surface area (Å²) in [5.41, 5.74) is 0. The molecule has 49 valence electrons. The maximum absolute atomic E-state index is 2.49. The monoisotopic (exact) mass is 336 g/mol. The SMILES string of the molecule is CCCCC[B][I-]I. The molecule has 0 saturated carbocycles. The average Bonchev–Trinajstić information content (AvgIpc) is 1.81. The Hall–Kier alpha value is 1.52. The average molecular weight is 336 g/mol. The second-order valence-electron chi connectivity index (χ2n) is 1.73. The molecular formula is C5H11BI2-. The van der Waals surface area contributed by atoms with Crippen molar-refractivity contribution in [3.05, 3.63) is 0 Å². The van der Waals surface area contributed by atoms with Gasteiger partial charge < -0.3 is 0 Å². The zero-order chi connectivity index (χ0) is 6.24. The van der Waals surface area contributed by atoms with Crippen molar-refractivity contribution in [1.82, 2.24) is 0 Å². The summed E-state index contributed by atoms with van der Waals surface area (Å²) in [5, 5.41) is 2.45. The van der Waals surface area contributed by atoms with Gasteiger partial charge in [-0.3, -0.25) is 0 Å². The van der Waals surface area contributed by atoms with Crippen molar-refractivity contribution in [2.45, 2.75) is 32.5 Å². The van der Waals surface area contributed by atoms with E-state index in [1.165, 1.54) is 25.6 Å². The summed E-state index contributed by atoms with van der Waals surface area (Å²) < 4.78 is 0. The van der Waals surface area contributed by atoms with E-state index in [1.54, 1.807) is 0 Å². The normalized spacial score (nSPS) is 9.75. The van der Waals surface area contributed by atoms with Gasteiger partial charge in [0.05, 0.1) is 0 Å². The molecule has 0 aliphatic heterocycles. The van der Waals surface area contributed by atoms with Crippen LogP contribution in [0.4, 0.5) is 0 Å². The molecule has 0 spiro atoms. The molecule has 8 heavy (non-hydrogen) atoms. The molecule has 0 unspecified atom stereocenters. The third-order valence-corrected chi connectivity index (χ3v) is 4.16. The fourth-order valence-electron chi connectivity index (χ4n) is 0.513. The van der Waals surface area contributed by atoms with Crippen LogP contribution < -0.4 is 17.0 Å². The first-order valence-corrected chi connectivity index (χ1v) is 10.5. The van der Waals surface area contributed by atoms with Gasteiger partial charge in [-0.05, 0) is 0 Å². The Morgan fingerprint density at radius 3 is 2.75 bits per heavy atom. The summed E-state index contributed by atoms with van der Waals surface area (Å²) in [6.45, 7) is 2.25. The van der Waals surface area contributed by atoms with E-state index in [0.717, 1.165) is 0 Å². The topological polar surface area (TPSA) is 0 Å². The molecule has 0 fully saturated rings. The molecule has 0 aromatic carbocycles. The third kappa shape index (κ3) is 7.52. The van der Waals surface area contributed by atoms with Crippen molar-refractivity contribution < 1.29 is 17.0 Å². The van der Waals surface area contributed by atoms with E-state index in [-0.39, 0.29) is 0 Å². The van der Waals surface area contributed by atoms with Gasteiger partial charge in [-0.25, -0.2) is 0 Å². The number of hydrogen-bond donors (Lipinski definition) is 0. The van der Waals surface area contributed by atoms with Gasteiger partial charge in [-0.1, -0.05) is 0 Å². The van der Waals surface area contributed by atoms with Crippen molar-refractivity contribution >= 4 is 23.8 Å². The van der Waals surface area contributed by atoms with E-state index >= 15 is 0 Å². The second kappa shape index (κ2) is 8.52. The van der Waals surface area contributed by atoms with Crippen LogP contribution in [-0.2, 0) is 0 Å². The molecule has 0 heterocycles. The molecule has 0 aromatic heterocycles. The van der Waals surface area contributed by atoms with Crippen LogP contribution in [0.15, 0.2) is 0 Å². The molecule has 0 aromatic rings. The Morgan fingerprint density at radius 1 is 1.50 bits per heavy atom. The van der Waals surface area contributed by atoms with E-state index in [2.05, 4.69) is 30.7 Å². The van der Waals surface area contributed by atoms with Gasteiger partial charge >= 0.3 is 73.3 Å². The van der Waals surface area contributed by atoms with Gasteiger partial charge in [0.1, 0.15) is 0 Å². The molecule has 0 N–H and O–H groups in total. The van der Waals surface area contributed by atoms with Crippen LogP contribution in [0.25, 0.3) is 0 Å². The van der Waals surface area contributed by atoms with Gasteiger partial charge in [-0.15, -0.1) is 0 Å². The molecule has 0 amide bonds. The maximum atomic E-state index is 2.49. The van der Waals surface area contributed by atoms with E-state index < -0.39 is 0 Å². The number of unbranched alkanes of at least 4 members (excludes halogenated alkanes) is 2. The molecule has 1 radical (unpaired) electrons. The predicted octanol–water partition coefficient (Wildman–Crippen LogP) is -0.347. The molecule has 3 heteroatoms. The van der Waals surface area contributed by atoms with E-state index in [1.807, 2.05) is 0 Å². The van der Waals surface area contributed by atoms with Gasteiger partial charge in [0, 0.05) is 0 Å². The fourth-order valence-corrected chi connectivity index (χ4v) is 2.77. The van der Waals surface area contributed by atoms with Crippen LogP contribution in [0.5, 0.6) is 0 Å². The van der Waals surface area contributed by atoms with Crippen LogP contribution in [0.1, 0.15) is 26.2 Å². The molecule has 0 bridgehead atoms. The molecular weight excluding hydrogens is 325 g/mol. The number of rotatable bonds is 5. The van der Waals surface area contributed by atoms with Gasteiger partial charge in [-0.2, -0.15) is 0 Å². The Balaban J connectivity index is 2.53. The van der Waals surface area contributed by atoms with Crippen LogP contribution >= 0.6 is 18.6 Å². The first-order chi connectivity index (χ1) is 3.91. The molecule has 0 aliphatic rings. The van der Waals surface area contributed by atoms with Crippen molar-refractivity contribution in [1.29, 1.82) is 0 Å². The molecule has 0 saturated heterocycles. The van der Waals surface area contributed by atoms with Crippen LogP contribution in [0.3, 0.4) is 0 Å². The van der Waals surface area contributed by atoms with Crippen molar-refractivity contribution in [3.63, 3.8) is 0 Å². The number of hydrogen-bond acceptors (Lipinski definition) is 0. The van der Waals surface area contributed by atoms with Crippen LogP contribution in [0.2, 0.25) is 6.32 Å². The summed E-state index contributed by atoms with van der Waals surface area (Å²) >= 11 is 2.93. The van der Waals surface area contributed by atoms with Crippen molar-refractivity contribution in [2.75, 3.05) is 0 Å². The van der Waals surface area contributed by atoms with Gasteiger partial charge in [0.2, 0.25) is 0 Å².